The summed E-state index contributed by atoms with van der Waals surface area (Å²) in [6.45, 7) is 0. The molecule has 0 atom stereocenters. The minimum Gasteiger partial charge on any atom is -0.319 e. The largest absolute Gasteiger partial charge is 0.319 e. The summed E-state index contributed by atoms with van der Waals surface area (Å²) >= 11 is 8.06. The van der Waals surface area contributed by atoms with Crippen LogP contribution in [-0.2, 0) is 0 Å². The van der Waals surface area contributed by atoms with Gasteiger partial charge in [0.25, 0.3) is 5.91 Å². The van der Waals surface area contributed by atoms with E-state index in [4.69, 9.17) is 11.6 Å². The van der Waals surface area contributed by atoms with Gasteiger partial charge < -0.3 is 5.32 Å². The van der Waals surface area contributed by atoms with Crippen molar-refractivity contribution in [3.8, 4) is 0 Å². The molecular formula is C22H13ClN2OS. The Morgan fingerprint density at radius 3 is 2.67 bits per heavy atom. The van der Waals surface area contributed by atoms with Gasteiger partial charge >= 0.3 is 0 Å². The molecule has 1 N–H and O–H groups in total. The first-order valence-electron chi connectivity index (χ1n) is 8.47. The molecule has 0 bridgehead atoms. The molecule has 5 aromatic rings. The normalized spacial score (nSPS) is 11.3. The quantitative estimate of drug-likeness (QED) is 0.374. The maximum Gasteiger partial charge on any atom is 0.267 e. The van der Waals surface area contributed by atoms with Crippen molar-refractivity contribution in [2.75, 3.05) is 5.32 Å². The van der Waals surface area contributed by atoms with Crippen LogP contribution in [0.2, 0.25) is 5.02 Å². The summed E-state index contributed by atoms with van der Waals surface area (Å²) in [6.07, 6.45) is 1.72. The van der Waals surface area contributed by atoms with E-state index in [1.165, 1.54) is 11.3 Å². The fourth-order valence-electron chi connectivity index (χ4n) is 3.36. The number of amides is 1. The highest BCUT2D eigenvalue weighted by molar-refractivity contribution is 7.22. The predicted molar refractivity (Wildman–Crippen MR) is 114 cm³/mol. The summed E-state index contributed by atoms with van der Waals surface area (Å²) < 4.78 is 1.000. The molecule has 0 aliphatic heterocycles. The average Bonchev–Trinajstić information content (AvgIpc) is 3.05. The van der Waals surface area contributed by atoms with Gasteiger partial charge in [0, 0.05) is 21.7 Å². The third-order valence-corrected chi connectivity index (χ3v) is 6.25. The summed E-state index contributed by atoms with van der Waals surface area (Å²) in [7, 11) is 0. The summed E-state index contributed by atoms with van der Waals surface area (Å²) in [5.41, 5.74) is 1.44. The number of nitrogens with zero attached hydrogens (tertiary/aromatic N) is 1. The van der Waals surface area contributed by atoms with Crippen molar-refractivity contribution in [2.24, 2.45) is 0 Å². The molecule has 5 rings (SSSR count). The topological polar surface area (TPSA) is 42.0 Å². The second-order valence-electron chi connectivity index (χ2n) is 6.24. The standard InChI is InChI=1S/C22H13ClN2OS/c23-19-18-15-8-2-1-5-13(15)10-11-17(18)27-21(19)22(26)25-16-9-3-6-14-7-4-12-24-20(14)16/h1-12H,(H,25,26). The molecule has 130 valence electrons. The van der Waals surface area contributed by atoms with E-state index < -0.39 is 0 Å². The first-order chi connectivity index (χ1) is 13.2. The Kier molecular flexibility index (Phi) is 3.81. The molecule has 0 aliphatic carbocycles. The Morgan fingerprint density at radius 2 is 1.74 bits per heavy atom. The molecule has 0 saturated heterocycles. The summed E-state index contributed by atoms with van der Waals surface area (Å²) in [5.74, 6) is -0.219. The summed E-state index contributed by atoms with van der Waals surface area (Å²) in [4.78, 5) is 17.9. The van der Waals surface area contributed by atoms with Gasteiger partial charge in [-0.05, 0) is 29.0 Å². The molecule has 0 aliphatic rings. The first kappa shape index (κ1) is 16.2. The van der Waals surface area contributed by atoms with Crippen LogP contribution in [0.15, 0.2) is 72.9 Å². The maximum atomic E-state index is 13.0. The van der Waals surface area contributed by atoms with Crippen LogP contribution in [0.25, 0.3) is 31.8 Å². The number of aromatic nitrogens is 1. The number of benzene rings is 3. The van der Waals surface area contributed by atoms with Gasteiger partial charge in [-0.1, -0.05) is 60.1 Å². The Morgan fingerprint density at radius 1 is 0.926 bits per heavy atom. The molecule has 0 fully saturated rings. The highest BCUT2D eigenvalue weighted by Crippen LogP contribution is 2.40. The minimum absolute atomic E-state index is 0.219. The molecular weight excluding hydrogens is 376 g/mol. The molecule has 0 spiro atoms. The van der Waals surface area contributed by atoms with Crippen LogP contribution in [0, 0.1) is 0 Å². The molecule has 5 heteroatoms. The lowest BCUT2D eigenvalue weighted by Gasteiger charge is -2.07. The Bertz CT molecular complexity index is 1340. The van der Waals surface area contributed by atoms with E-state index in [2.05, 4.69) is 16.4 Å². The van der Waals surface area contributed by atoms with Crippen molar-refractivity contribution >= 4 is 66.3 Å². The Hall–Kier alpha value is -2.95. The number of nitrogens with one attached hydrogen (secondary N) is 1. The van der Waals surface area contributed by atoms with Gasteiger partial charge in [0.15, 0.2) is 0 Å². The monoisotopic (exact) mass is 388 g/mol. The number of halogens is 1. The highest BCUT2D eigenvalue weighted by atomic mass is 35.5. The third-order valence-electron chi connectivity index (χ3n) is 4.61. The molecule has 3 aromatic carbocycles. The van der Waals surface area contributed by atoms with Crippen molar-refractivity contribution in [2.45, 2.75) is 0 Å². The van der Waals surface area contributed by atoms with Crippen molar-refractivity contribution < 1.29 is 4.79 Å². The fraction of sp³-hybridized carbons (Fsp3) is 0. The number of fused-ring (bicyclic) bond motifs is 4. The number of pyridine rings is 1. The zero-order valence-corrected chi connectivity index (χ0v) is 15.6. The van der Waals surface area contributed by atoms with Crippen LogP contribution in [0.5, 0.6) is 0 Å². The average molecular weight is 389 g/mol. The number of thiophene rings is 1. The second-order valence-corrected chi connectivity index (χ2v) is 7.67. The van der Waals surface area contributed by atoms with Crippen LogP contribution in [0.3, 0.4) is 0 Å². The molecule has 27 heavy (non-hydrogen) atoms. The van der Waals surface area contributed by atoms with Gasteiger partial charge in [-0.3, -0.25) is 9.78 Å². The lowest BCUT2D eigenvalue weighted by molar-refractivity contribution is 0.103. The number of hydrogen-bond donors (Lipinski definition) is 1. The summed E-state index contributed by atoms with van der Waals surface area (Å²) in [5, 5.41) is 7.54. The van der Waals surface area contributed by atoms with Crippen LogP contribution in [0.4, 0.5) is 5.69 Å². The number of rotatable bonds is 2. The van der Waals surface area contributed by atoms with Gasteiger partial charge in [-0.15, -0.1) is 11.3 Å². The molecule has 2 heterocycles. The van der Waals surface area contributed by atoms with Gasteiger partial charge in [-0.25, -0.2) is 0 Å². The fourth-order valence-corrected chi connectivity index (χ4v) is 4.83. The second kappa shape index (κ2) is 6.34. The predicted octanol–water partition coefficient (Wildman–Crippen LogP) is 6.51. The molecule has 0 radical (unpaired) electrons. The zero-order valence-electron chi connectivity index (χ0n) is 14.1. The Balaban J connectivity index is 1.62. The van der Waals surface area contributed by atoms with Crippen LogP contribution in [0.1, 0.15) is 9.67 Å². The Labute approximate surface area is 164 Å². The molecule has 1 amide bonds. The molecule has 3 nitrogen and oxygen atoms in total. The lowest BCUT2D eigenvalue weighted by atomic mass is 10.1. The van der Waals surface area contributed by atoms with E-state index in [1.807, 2.05) is 60.7 Å². The van der Waals surface area contributed by atoms with Crippen LogP contribution < -0.4 is 5.32 Å². The highest BCUT2D eigenvalue weighted by Gasteiger charge is 2.19. The number of carbonyl (C=O) groups excluding carboxylic acids is 1. The van der Waals surface area contributed by atoms with Gasteiger partial charge in [0.2, 0.25) is 0 Å². The number of anilines is 1. The SMILES string of the molecule is O=C(Nc1cccc2cccnc12)c1sc2ccc3ccccc3c2c1Cl. The van der Waals surface area contributed by atoms with E-state index in [0.717, 1.165) is 31.8 Å². The van der Waals surface area contributed by atoms with Gasteiger partial charge in [0.05, 0.1) is 16.2 Å². The lowest BCUT2D eigenvalue weighted by Crippen LogP contribution is -2.11. The van der Waals surface area contributed by atoms with Crippen LogP contribution >= 0.6 is 22.9 Å². The summed E-state index contributed by atoms with van der Waals surface area (Å²) in [6, 6.07) is 21.7. The smallest absolute Gasteiger partial charge is 0.267 e. The number of para-hydroxylation sites is 1. The van der Waals surface area contributed by atoms with E-state index in [9.17, 15) is 4.79 Å². The zero-order chi connectivity index (χ0) is 18.4. The van der Waals surface area contributed by atoms with Crippen molar-refractivity contribution in [1.29, 1.82) is 0 Å². The molecule has 0 saturated carbocycles. The maximum absolute atomic E-state index is 13.0. The van der Waals surface area contributed by atoms with Gasteiger partial charge in [0.1, 0.15) is 4.88 Å². The van der Waals surface area contributed by atoms with E-state index in [-0.39, 0.29) is 5.91 Å². The van der Waals surface area contributed by atoms with Crippen molar-refractivity contribution in [3.05, 3.63) is 82.8 Å². The third kappa shape index (κ3) is 2.65. The van der Waals surface area contributed by atoms with E-state index >= 15 is 0 Å². The number of carbonyl (C=O) groups is 1. The number of hydrogen-bond acceptors (Lipinski definition) is 3. The first-order valence-corrected chi connectivity index (χ1v) is 9.67. The molecule has 2 aromatic heterocycles. The van der Waals surface area contributed by atoms with Crippen molar-refractivity contribution in [1.82, 2.24) is 4.98 Å². The van der Waals surface area contributed by atoms with Crippen LogP contribution in [-0.4, -0.2) is 10.9 Å². The molecule has 0 unspecified atom stereocenters. The van der Waals surface area contributed by atoms with Gasteiger partial charge in [-0.2, -0.15) is 0 Å². The van der Waals surface area contributed by atoms with E-state index in [0.29, 0.717) is 15.6 Å². The van der Waals surface area contributed by atoms with E-state index in [1.54, 1.807) is 6.20 Å². The minimum atomic E-state index is -0.219. The van der Waals surface area contributed by atoms with Crippen molar-refractivity contribution in [3.63, 3.8) is 0 Å².